The summed E-state index contributed by atoms with van der Waals surface area (Å²) in [7, 11) is 0. The molecular weight excluding hydrogens is 363 g/mol. The number of aliphatic imine (C=N–C) groups is 2. The molecule has 2 rings (SSSR count). The van der Waals surface area contributed by atoms with Crippen molar-refractivity contribution in [3.63, 3.8) is 0 Å². The smallest absolute Gasteiger partial charge is 0.0633 e. The Labute approximate surface area is 168 Å². The zero-order chi connectivity index (χ0) is 17.7. The summed E-state index contributed by atoms with van der Waals surface area (Å²) in [4.78, 5) is 9.89. The van der Waals surface area contributed by atoms with Gasteiger partial charge >= 0.3 is 0 Å². The normalized spacial score (nSPS) is 11.9. The molecule has 0 bridgehead atoms. The van der Waals surface area contributed by atoms with E-state index in [1.165, 1.54) is 25.7 Å². The van der Waals surface area contributed by atoms with Crippen LogP contribution in [-0.2, 0) is 16.5 Å². The van der Waals surface area contributed by atoms with Crippen LogP contribution in [0.4, 0.5) is 11.4 Å². The van der Waals surface area contributed by atoms with Crippen molar-refractivity contribution in [1.82, 2.24) is 0 Å². The first kappa shape index (κ1) is 22.3. The van der Waals surface area contributed by atoms with Crippen LogP contribution in [0.15, 0.2) is 70.6 Å². The number of unbranched alkanes of at least 4 members (excludes halogenated alkanes) is 3. The van der Waals surface area contributed by atoms with Gasteiger partial charge in [-0.25, -0.2) is 0 Å². The number of hydrogen-bond acceptors (Lipinski definition) is 2. The summed E-state index contributed by atoms with van der Waals surface area (Å²) in [5, 5.41) is 0. The summed E-state index contributed by atoms with van der Waals surface area (Å²) < 4.78 is 0. The molecule has 0 fully saturated rings. The summed E-state index contributed by atoms with van der Waals surface area (Å²) in [5.74, 6) is 0. The molecule has 2 aromatic carbocycles. The number of rotatable bonds is 10. The molecule has 0 aliphatic rings. The second kappa shape index (κ2) is 13.5. The predicted octanol–water partition coefficient (Wildman–Crippen LogP) is 7.30. The standard InChI is InChI=1S/C23H30N2.Ni/c1-3-5-6-13-19-23(25-21-17-11-8-12-18-21)22(14-4-2)24-20-15-9-7-10-16-20;/h7-12,15-18H,3-6,13-14,19H2,1-2H3;. The Morgan fingerprint density at radius 3 is 1.58 bits per heavy atom. The van der Waals surface area contributed by atoms with Crippen LogP contribution in [0.25, 0.3) is 0 Å². The van der Waals surface area contributed by atoms with Crippen molar-refractivity contribution in [3.05, 3.63) is 60.7 Å². The van der Waals surface area contributed by atoms with Gasteiger partial charge in [0, 0.05) is 16.5 Å². The summed E-state index contributed by atoms with van der Waals surface area (Å²) in [5.41, 5.74) is 4.31. The third-order valence-electron chi connectivity index (χ3n) is 4.13. The van der Waals surface area contributed by atoms with Gasteiger partial charge in [-0.1, -0.05) is 75.9 Å². The molecule has 2 aromatic rings. The molecule has 0 unspecified atom stereocenters. The van der Waals surface area contributed by atoms with Gasteiger partial charge in [0.1, 0.15) is 0 Å². The van der Waals surface area contributed by atoms with Gasteiger partial charge in [-0.2, -0.15) is 0 Å². The minimum Gasteiger partial charge on any atom is -0.252 e. The van der Waals surface area contributed by atoms with Crippen LogP contribution in [0, 0.1) is 0 Å². The van der Waals surface area contributed by atoms with Gasteiger partial charge in [0.25, 0.3) is 0 Å². The van der Waals surface area contributed by atoms with E-state index >= 15 is 0 Å². The van der Waals surface area contributed by atoms with Crippen LogP contribution in [-0.4, -0.2) is 11.4 Å². The molecule has 3 heteroatoms. The average Bonchev–Trinajstić information content (AvgIpc) is 2.66. The summed E-state index contributed by atoms with van der Waals surface area (Å²) >= 11 is 0. The van der Waals surface area contributed by atoms with E-state index in [0.29, 0.717) is 0 Å². The van der Waals surface area contributed by atoms with Gasteiger partial charge in [-0.15, -0.1) is 0 Å². The Bertz CT molecular complexity index is 663. The Kier molecular flexibility index (Phi) is 11.6. The number of benzene rings is 2. The first-order valence-corrected chi connectivity index (χ1v) is 9.59. The molecule has 0 radical (unpaired) electrons. The van der Waals surface area contributed by atoms with Crippen LogP contribution in [0.3, 0.4) is 0 Å². The SMILES string of the molecule is CCCCCCC(=Nc1ccccc1)C(CCC)=Nc1ccccc1.[Ni]. The molecule has 0 saturated heterocycles. The van der Waals surface area contributed by atoms with E-state index in [9.17, 15) is 0 Å². The third kappa shape index (κ3) is 8.10. The molecule has 0 atom stereocenters. The average molecular weight is 393 g/mol. The van der Waals surface area contributed by atoms with Gasteiger partial charge in [0.15, 0.2) is 0 Å². The van der Waals surface area contributed by atoms with Crippen LogP contribution in [0.1, 0.15) is 58.8 Å². The van der Waals surface area contributed by atoms with E-state index in [1.807, 2.05) is 36.4 Å². The molecule has 0 saturated carbocycles. The van der Waals surface area contributed by atoms with Crippen molar-refractivity contribution < 1.29 is 16.5 Å². The van der Waals surface area contributed by atoms with E-state index in [2.05, 4.69) is 38.1 Å². The van der Waals surface area contributed by atoms with Crippen LogP contribution < -0.4 is 0 Å². The summed E-state index contributed by atoms with van der Waals surface area (Å²) in [6.45, 7) is 4.45. The van der Waals surface area contributed by atoms with Gasteiger partial charge in [0.05, 0.1) is 22.8 Å². The second-order valence-corrected chi connectivity index (χ2v) is 6.35. The molecule has 2 nitrogen and oxygen atoms in total. The first-order valence-electron chi connectivity index (χ1n) is 9.59. The topological polar surface area (TPSA) is 24.7 Å². The minimum atomic E-state index is 0. The van der Waals surface area contributed by atoms with E-state index < -0.39 is 0 Å². The van der Waals surface area contributed by atoms with E-state index in [-0.39, 0.29) is 16.5 Å². The van der Waals surface area contributed by atoms with Crippen molar-refractivity contribution >= 4 is 22.8 Å². The number of hydrogen-bond donors (Lipinski definition) is 0. The maximum Gasteiger partial charge on any atom is 0.0633 e. The number of para-hydroxylation sites is 2. The molecular formula is C23H30N2Ni. The zero-order valence-corrected chi connectivity index (χ0v) is 16.9. The van der Waals surface area contributed by atoms with Crippen molar-refractivity contribution in [2.75, 3.05) is 0 Å². The molecule has 0 amide bonds. The fraction of sp³-hybridized carbons (Fsp3) is 0.391. The Hall–Kier alpha value is -1.73. The van der Waals surface area contributed by atoms with Crippen LogP contribution in [0.2, 0.25) is 0 Å². The van der Waals surface area contributed by atoms with Crippen molar-refractivity contribution in [1.29, 1.82) is 0 Å². The number of nitrogens with zero attached hydrogens (tertiary/aromatic N) is 2. The maximum absolute atomic E-state index is 4.96. The van der Waals surface area contributed by atoms with Gasteiger partial charge < -0.3 is 0 Å². The third-order valence-corrected chi connectivity index (χ3v) is 4.13. The monoisotopic (exact) mass is 392 g/mol. The molecule has 142 valence electrons. The van der Waals surface area contributed by atoms with Crippen molar-refractivity contribution in [3.8, 4) is 0 Å². The fourth-order valence-corrected chi connectivity index (χ4v) is 2.80. The largest absolute Gasteiger partial charge is 0.252 e. The van der Waals surface area contributed by atoms with Crippen LogP contribution >= 0.6 is 0 Å². The van der Waals surface area contributed by atoms with Gasteiger partial charge in [-0.05, 0) is 43.5 Å². The first-order chi connectivity index (χ1) is 12.3. The van der Waals surface area contributed by atoms with Crippen molar-refractivity contribution in [2.24, 2.45) is 9.98 Å². The summed E-state index contributed by atoms with van der Waals surface area (Å²) in [6, 6.07) is 20.5. The molecule has 0 spiro atoms. The van der Waals surface area contributed by atoms with E-state index in [4.69, 9.17) is 9.98 Å². The molecule has 0 aliphatic carbocycles. The van der Waals surface area contributed by atoms with E-state index in [1.54, 1.807) is 0 Å². The Balaban J connectivity index is 0.00000338. The van der Waals surface area contributed by atoms with Crippen LogP contribution in [0.5, 0.6) is 0 Å². The van der Waals surface area contributed by atoms with E-state index in [0.717, 1.165) is 42.1 Å². The zero-order valence-electron chi connectivity index (χ0n) is 15.9. The fourth-order valence-electron chi connectivity index (χ4n) is 2.80. The summed E-state index contributed by atoms with van der Waals surface area (Å²) in [6.07, 6.45) is 8.03. The molecule has 26 heavy (non-hydrogen) atoms. The molecule has 0 N–H and O–H groups in total. The Morgan fingerprint density at radius 2 is 1.12 bits per heavy atom. The molecule has 0 aliphatic heterocycles. The Morgan fingerprint density at radius 1 is 0.615 bits per heavy atom. The minimum absolute atomic E-state index is 0. The predicted molar refractivity (Wildman–Crippen MR) is 111 cm³/mol. The molecule has 0 heterocycles. The quantitative estimate of drug-likeness (QED) is 0.230. The molecule has 0 aromatic heterocycles. The van der Waals surface area contributed by atoms with Gasteiger partial charge in [-0.3, -0.25) is 9.98 Å². The maximum atomic E-state index is 4.96. The van der Waals surface area contributed by atoms with Gasteiger partial charge in [0.2, 0.25) is 0 Å². The second-order valence-electron chi connectivity index (χ2n) is 6.35. The van der Waals surface area contributed by atoms with Crippen molar-refractivity contribution in [2.45, 2.75) is 58.8 Å².